The minimum Gasteiger partial charge on any atom is -0.497 e. The molecule has 5 rings (SSSR count). The Morgan fingerprint density at radius 3 is 2.67 bits per heavy atom. The normalized spacial score (nSPS) is 29.5. The van der Waals surface area contributed by atoms with Crippen LogP contribution in [-0.2, 0) is 27.8 Å². The van der Waals surface area contributed by atoms with Crippen molar-refractivity contribution in [3.63, 3.8) is 0 Å². The highest BCUT2D eigenvalue weighted by molar-refractivity contribution is 5.72. The summed E-state index contributed by atoms with van der Waals surface area (Å²) in [6, 6.07) is 13.7. The van der Waals surface area contributed by atoms with Crippen LogP contribution in [0.3, 0.4) is 0 Å². The molecule has 33 heavy (non-hydrogen) atoms. The Labute approximate surface area is 195 Å². The number of halogens is 1. The SMILES string of the molecule is CCOC(=O)CN(CCc1ccc(F)cc1)C1C2N(C)CC23Cc2ccc(OC)cc2C13C. The summed E-state index contributed by atoms with van der Waals surface area (Å²) in [4.78, 5) is 17.4. The number of rotatable bonds is 8. The third kappa shape index (κ3) is 3.22. The average molecular weight is 453 g/mol. The Kier molecular flexibility index (Phi) is 5.49. The number of ether oxygens (including phenoxy) is 2. The van der Waals surface area contributed by atoms with Crippen LogP contribution in [0.5, 0.6) is 5.75 Å². The van der Waals surface area contributed by atoms with Gasteiger partial charge < -0.3 is 14.4 Å². The number of hydrogen-bond donors (Lipinski definition) is 0. The first-order chi connectivity index (χ1) is 15.8. The third-order valence-electron chi connectivity index (χ3n) is 8.51. The fourth-order valence-corrected chi connectivity index (χ4v) is 7.08. The summed E-state index contributed by atoms with van der Waals surface area (Å²) >= 11 is 0. The van der Waals surface area contributed by atoms with Gasteiger partial charge in [-0.3, -0.25) is 9.69 Å². The van der Waals surface area contributed by atoms with Crippen LogP contribution in [0.2, 0.25) is 0 Å². The van der Waals surface area contributed by atoms with Gasteiger partial charge in [0, 0.05) is 36.0 Å². The molecule has 1 saturated carbocycles. The molecule has 0 aromatic heterocycles. The van der Waals surface area contributed by atoms with E-state index in [2.05, 4.69) is 42.0 Å². The number of esters is 1. The maximum atomic E-state index is 13.4. The van der Waals surface area contributed by atoms with Gasteiger partial charge in [-0.15, -0.1) is 0 Å². The second-order valence-electron chi connectivity index (χ2n) is 10.0. The van der Waals surface area contributed by atoms with Crippen molar-refractivity contribution in [3.8, 4) is 5.75 Å². The Morgan fingerprint density at radius 2 is 2.00 bits per heavy atom. The van der Waals surface area contributed by atoms with E-state index in [-0.39, 0.29) is 35.2 Å². The summed E-state index contributed by atoms with van der Waals surface area (Å²) in [5.41, 5.74) is 3.95. The Balaban J connectivity index is 1.48. The maximum Gasteiger partial charge on any atom is 0.320 e. The number of likely N-dealkylation sites (N-methyl/N-ethyl adjacent to an activating group) is 1. The van der Waals surface area contributed by atoms with Crippen LogP contribution in [0.1, 0.15) is 30.5 Å². The van der Waals surface area contributed by atoms with E-state index in [1.54, 1.807) is 7.11 Å². The van der Waals surface area contributed by atoms with E-state index in [1.165, 1.54) is 23.3 Å². The van der Waals surface area contributed by atoms with E-state index in [0.29, 0.717) is 19.2 Å². The van der Waals surface area contributed by atoms with Gasteiger partial charge in [-0.1, -0.05) is 25.1 Å². The van der Waals surface area contributed by atoms with E-state index < -0.39 is 0 Å². The van der Waals surface area contributed by atoms with Gasteiger partial charge in [0.2, 0.25) is 0 Å². The highest BCUT2D eigenvalue weighted by Gasteiger charge is 2.79. The molecule has 0 amide bonds. The molecule has 0 bridgehead atoms. The second kappa shape index (κ2) is 8.10. The average Bonchev–Trinajstić information content (AvgIpc) is 3.02. The summed E-state index contributed by atoms with van der Waals surface area (Å²) in [6.07, 6.45) is 1.82. The van der Waals surface area contributed by atoms with Crippen LogP contribution < -0.4 is 4.74 Å². The number of likely N-dealkylation sites (tertiary alicyclic amines) is 1. The van der Waals surface area contributed by atoms with E-state index in [4.69, 9.17) is 9.47 Å². The summed E-state index contributed by atoms with van der Waals surface area (Å²) in [6.45, 7) is 6.63. The van der Waals surface area contributed by atoms with E-state index >= 15 is 0 Å². The molecular weight excluding hydrogens is 419 g/mol. The number of fused-ring (bicyclic) bond motifs is 2. The molecule has 2 aliphatic carbocycles. The molecule has 0 radical (unpaired) electrons. The van der Waals surface area contributed by atoms with Crippen molar-refractivity contribution in [3.05, 3.63) is 65.0 Å². The lowest BCUT2D eigenvalue weighted by molar-refractivity contribution is -0.246. The summed E-state index contributed by atoms with van der Waals surface area (Å²) < 4.78 is 24.3. The molecule has 2 fully saturated rings. The van der Waals surface area contributed by atoms with Gasteiger partial charge in [0.1, 0.15) is 11.6 Å². The molecule has 0 N–H and O–H groups in total. The number of methoxy groups -OCH3 is 1. The lowest BCUT2D eigenvalue weighted by Gasteiger charge is -2.77. The standard InChI is InChI=1S/C27H33FN2O3/c1-5-33-23(31)16-30(13-12-18-6-9-20(28)10-7-18)24-25-27(17-29(25)3)15-19-8-11-21(32-4)14-22(19)26(24,27)2/h6-11,14,24-25H,5,12-13,15-17H2,1-4H3. The van der Waals surface area contributed by atoms with Crippen LogP contribution in [0.25, 0.3) is 0 Å². The van der Waals surface area contributed by atoms with E-state index in [0.717, 1.165) is 30.7 Å². The Morgan fingerprint density at radius 1 is 1.24 bits per heavy atom. The minimum atomic E-state index is -0.231. The molecule has 1 aliphatic heterocycles. The summed E-state index contributed by atoms with van der Waals surface area (Å²) in [5.74, 6) is 0.458. The highest BCUT2D eigenvalue weighted by Crippen LogP contribution is 2.71. The van der Waals surface area contributed by atoms with Gasteiger partial charge in [0.05, 0.1) is 20.3 Å². The van der Waals surface area contributed by atoms with Crippen LogP contribution in [-0.4, -0.2) is 68.3 Å². The first-order valence-electron chi connectivity index (χ1n) is 11.9. The van der Waals surface area contributed by atoms with Crippen molar-refractivity contribution in [1.29, 1.82) is 0 Å². The number of nitrogens with zero attached hydrogens (tertiary/aromatic N) is 2. The second-order valence-corrected chi connectivity index (χ2v) is 10.0. The summed E-state index contributed by atoms with van der Waals surface area (Å²) in [7, 11) is 3.90. The van der Waals surface area contributed by atoms with Gasteiger partial charge in [-0.05, 0) is 67.8 Å². The molecule has 5 nitrogen and oxygen atoms in total. The number of benzene rings is 2. The molecule has 3 aliphatic rings. The molecule has 2 aromatic carbocycles. The monoisotopic (exact) mass is 452 g/mol. The van der Waals surface area contributed by atoms with Gasteiger partial charge >= 0.3 is 5.97 Å². The molecular formula is C27H33FN2O3. The quantitative estimate of drug-likeness (QED) is 0.574. The van der Waals surface area contributed by atoms with Gasteiger partial charge in [0.25, 0.3) is 0 Å². The molecule has 4 atom stereocenters. The van der Waals surface area contributed by atoms with Crippen LogP contribution in [0, 0.1) is 11.2 Å². The topological polar surface area (TPSA) is 42.0 Å². The van der Waals surface area contributed by atoms with Crippen molar-refractivity contribution >= 4 is 5.97 Å². The van der Waals surface area contributed by atoms with Gasteiger partial charge in [-0.25, -0.2) is 4.39 Å². The van der Waals surface area contributed by atoms with Crippen molar-refractivity contribution in [2.45, 2.75) is 44.2 Å². The molecule has 2 aromatic rings. The lowest BCUT2D eigenvalue weighted by atomic mass is 9.39. The fraction of sp³-hybridized carbons (Fsp3) is 0.519. The van der Waals surface area contributed by atoms with Crippen molar-refractivity contribution in [2.75, 3.05) is 40.4 Å². The Hall–Kier alpha value is -2.44. The predicted molar refractivity (Wildman–Crippen MR) is 125 cm³/mol. The first kappa shape index (κ1) is 22.4. The predicted octanol–water partition coefficient (Wildman–Crippen LogP) is 3.44. The van der Waals surface area contributed by atoms with Gasteiger partial charge in [0.15, 0.2) is 0 Å². The molecule has 176 valence electrons. The maximum absolute atomic E-state index is 13.4. The molecule has 1 heterocycles. The number of carbonyl (C=O) groups excluding carboxylic acids is 1. The largest absolute Gasteiger partial charge is 0.497 e. The molecule has 1 saturated heterocycles. The van der Waals surface area contributed by atoms with Crippen LogP contribution in [0.4, 0.5) is 4.39 Å². The third-order valence-corrected chi connectivity index (χ3v) is 8.51. The number of hydrogen-bond acceptors (Lipinski definition) is 5. The first-order valence-corrected chi connectivity index (χ1v) is 11.9. The zero-order valence-corrected chi connectivity index (χ0v) is 19.9. The highest BCUT2D eigenvalue weighted by atomic mass is 19.1. The van der Waals surface area contributed by atoms with Crippen molar-refractivity contribution < 1.29 is 18.7 Å². The molecule has 1 spiro atoms. The Bertz CT molecular complexity index is 1060. The van der Waals surface area contributed by atoms with Crippen LogP contribution in [0.15, 0.2) is 42.5 Å². The van der Waals surface area contributed by atoms with Crippen molar-refractivity contribution in [2.24, 2.45) is 5.41 Å². The zero-order chi connectivity index (χ0) is 23.4. The van der Waals surface area contributed by atoms with Crippen LogP contribution >= 0.6 is 0 Å². The smallest absolute Gasteiger partial charge is 0.320 e. The van der Waals surface area contributed by atoms with Gasteiger partial charge in [-0.2, -0.15) is 0 Å². The number of piperidine rings is 1. The number of carbonyl (C=O) groups is 1. The minimum absolute atomic E-state index is 0.0661. The summed E-state index contributed by atoms with van der Waals surface area (Å²) in [5, 5.41) is 0. The zero-order valence-electron chi connectivity index (χ0n) is 19.9. The molecule has 4 unspecified atom stereocenters. The van der Waals surface area contributed by atoms with E-state index in [1.807, 2.05) is 19.1 Å². The molecule has 6 heteroatoms. The van der Waals surface area contributed by atoms with Crippen molar-refractivity contribution in [1.82, 2.24) is 9.80 Å². The fourth-order valence-electron chi connectivity index (χ4n) is 7.08. The lowest BCUT2D eigenvalue weighted by Crippen LogP contribution is -2.89. The van der Waals surface area contributed by atoms with E-state index in [9.17, 15) is 9.18 Å².